The smallest absolute Gasteiger partial charge is 0.338 e. The minimum absolute atomic E-state index is 0.0566. The van der Waals surface area contributed by atoms with E-state index in [2.05, 4.69) is 5.32 Å². The first-order valence-electron chi connectivity index (χ1n) is 9.52. The van der Waals surface area contributed by atoms with Gasteiger partial charge in [0.2, 0.25) is 5.91 Å². The molecule has 2 aromatic carbocycles. The van der Waals surface area contributed by atoms with Gasteiger partial charge in [-0.2, -0.15) is 0 Å². The predicted octanol–water partition coefficient (Wildman–Crippen LogP) is 3.19. The summed E-state index contributed by atoms with van der Waals surface area (Å²) in [4.78, 5) is 27.3. The third-order valence-electron chi connectivity index (χ3n) is 4.94. The highest BCUT2D eigenvalue weighted by Gasteiger charge is 2.45. The standard InChI is InChI=1S/C22H26N2O4/c1-3-28-21(26)22(17-8-5-4-6-9-17,16-24-15-7-10-20(24)25)23-18-11-13-19(27-2)14-12-18/h4-6,8-9,11-14,23H,3,7,10,15-16H2,1-2H3. The van der Waals surface area contributed by atoms with Crippen LogP contribution in [0.4, 0.5) is 5.69 Å². The number of hydrogen-bond donors (Lipinski definition) is 1. The second kappa shape index (κ2) is 8.78. The molecule has 2 aromatic rings. The normalized spacial score (nSPS) is 15.8. The first kappa shape index (κ1) is 19.7. The third-order valence-corrected chi connectivity index (χ3v) is 4.94. The molecule has 1 aliphatic rings. The summed E-state index contributed by atoms with van der Waals surface area (Å²) in [5.74, 6) is 0.375. The SMILES string of the molecule is CCOC(=O)C(CN1CCCC1=O)(Nc1ccc(OC)cc1)c1ccccc1. The first-order valence-corrected chi connectivity index (χ1v) is 9.52. The van der Waals surface area contributed by atoms with Crippen molar-refractivity contribution in [1.29, 1.82) is 0 Å². The number of likely N-dealkylation sites (tertiary alicyclic amines) is 1. The molecule has 28 heavy (non-hydrogen) atoms. The average Bonchev–Trinajstić information content (AvgIpc) is 3.13. The summed E-state index contributed by atoms with van der Waals surface area (Å²) in [6.45, 7) is 2.88. The molecule has 3 rings (SSSR count). The van der Waals surface area contributed by atoms with Crippen LogP contribution < -0.4 is 10.1 Å². The molecule has 6 nitrogen and oxygen atoms in total. The van der Waals surface area contributed by atoms with Gasteiger partial charge in [0.05, 0.1) is 20.3 Å². The van der Waals surface area contributed by atoms with Gasteiger partial charge >= 0.3 is 5.97 Å². The van der Waals surface area contributed by atoms with Gasteiger partial charge in [-0.15, -0.1) is 0 Å². The number of carbonyl (C=O) groups excluding carboxylic acids is 2. The molecule has 1 amide bonds. The van der Waals surface area contributed by atoms with Gasteiger partial charge in [0.1, 0.15) is 5.75 Å². The van der Waals surface area contributed by atoms with Crippen LogP contribution in [0.25, 0.3) is 0 Å². The zero-order chi connectivity index (χ0) is 20.0. The van der Waals surface area contributed by atoms with E-state index < -0.39 is 11.5 Å². The molecule has 1 unspecified atom stereocenters. The molecule has 6 heteroatoms. The monoisotopic (exact) mass is 382 g/mol. The van der Waals surface area contributed by atoms with Crippen molar-refractivity contribution in [2.75, 3.05) is 32.1 Å². The molecule has 1 saturated heterocycles. The lowest BCUT2D eigenvalue weighted by molar-refractivity contribution is -0.150. The van der Waals surface area contributed by atoms with Crippen LogP contribution >= 0.6 is 0 Å². The largest absolute Gasteiger partial charge is 0.497 e. The molecule has 148 valence electrons. The lowest BCUT2D eigenvalue weighted by Crippen LogP contribution is -2.53. The van der Waals surface area contributed by atoms with E-state index in [-0.39, 0.29) is 19.1 Å². The molecule has 1 aliphatic heterocycles. The number of hydrogen-bond acceptors (Lipinski definition) is 5. The number of carbonyl (C=O) groups is 2. The molecular formula is C22H26N2O4. The van der Waals surface area contributed by atoms with Crippen LogP contribution in [0.5, 0.6) is 5.75 Å². The molecule has 1 heterocycles. The number of nitrogens with one attached hydrogen (secondary N) is 1. The maximum Gasteiger partial charge on any atom is 0.338 e. The quantitative estimate of drug-likeness (QED) is 0.710. The van der Waals surface area contributed by atoms with Crippen LogP contribution in [0.2, 0.25) is 0 Å². The van der Waals surface area contributed by atoms with Gasteiger partial charge in [-0.05, 0) is 43.2 Å². The highest BCUT2D eigenvalue weighted by Crippen LogP contribution is 2.31. The highest BCUT2D eigenvalue weighted by molar-refractivity contribution is 5.88. The summed E-state index contributed by atoms with van der Waals surface area (Å²) in [7, 11) is 1.61. The van der Waals surface area contributed by atoms with E-state index in [9.17, 15) is 9.59 Å². The number of anilines is 1. The summed E-state index contributed by atoms with van der Waals surface area (Å²) in [6, 6.07) is 16.8. The van der Waals surface area contributed by atoms with Crippen LogP contribution in [0.3, 0.4) is 0 Å². The van der Waals surface area contributed by atoms with E-state index in [0.717, 1.165) is 23.4 Å². The van der Waals surface area contributed by atoms with Gasteiger partial charge in [0.15, 0.2) is 5.54 Å². The Hall–Kier alpha value is -3.02. The van der Waals surface area contributed by atoms with Crippen molar-refractivity contribution in [3.8, 4) is 5.75 Å². The number of methoxy groups -OCH3 is 1. The molecular weight excluding hydrogens is 356 g/mol. The highest BCUT2D eigenvalue weighted by atomic mass is 16.5. The van der Waals surface area contributed by atoms with E-state index in [1.807, 2.05) is 54.6 Å². The van der Waals surface area contributed by atoms with Crippen LogP contribution in [-0.2, 0) is 19.9 Å². The summed E-state index contributed by atoms with van der Waals surface area (Å²) in [5, 5.41) is 3.37. The lowest BCUT2D eigenvalue weighted by Gasteiger charge is -2.37. The number of amides is 1. The zero-order valence-corrected chi connectivity index (χ0v) is 16.3. The van der Waals surface area contributed by atoms with Gasteiger partial charge in [-0.1, -0.05) is 30.3 Å². The number of ether oxygens (including phenoxy) is 2. The Bertz CT molecular complexity index is 807. The maximum absolute atomic E-state index is 13.2. The second-order valence-corrected chi connectivity index (χ2v) is 6.76. The summed E-state index contributed by atoms with van der Waals surface area (Å²) < 4.78 is 10.7. The van der Waals surface area contributed by atoms with E-state index in [4.69, 9.17) is 9.47 Å². The Morgan fingerprint density at radius 2 is 1.86 bits per heavy atom. The fourth-order valence-electron chi connectivity index (χ4n) is 3.49. The van der Waals surface area contributed by atoms with Crippen LogP contribution in [0.1, 0.15) is 25.3 Å². The minimum atomic E-state index is -1.20. The summed E-state index contributed by atoms with van der Waals surface area (Å²) >= 11 is 0. The van der Waals surface area contributed by atoms with E-state index >= 15 is 0 Å². The predicted molar refractivity (Wildman–Crippen MR) is 107 cm³/mol. The molecule has 1 N–H and O–H groups in total. The zero-order valence-electron chi connectivity index (χ0n) is 16.3. The molecule has 0 bridgehead atoms. The Balaban J connectivity index is 2.04. The van der Waals surface area contributed by atoms with Crippen molar-refractivity contribution in [3.05, 3.63) is 60.2 Å². The van der Waals surface area contributed by atoms with E-state index in [1.165, 1.54) is 0 Å². The maximum atomic E-state index is 13.2. The second-order valence-electron chi connectivity index (χ2n) is 6.76. The molecule has 1 atom stereocenters. The van der Waals surface area contributed by atoms with Gasteiger partial charge in [-0.25, -0.2) is 4.79 Å². The number of benzene rings is 2. The van der Waals surface area contributed by atoms with E-state index in [1.54, 1.807) is 18.9 Å². The fraction of sp³-hybridized carbons (Fsp3) is 0.364. The van der Waals surface area contributed by atoms with Crippen LogP contribution in [0, 0.1) is 0 Å². The van der Waals surface area contributed by atoms with Crippen molar-refractivity contribution in [2.24, 2.45) is 0 Å². The average molecular weight is 382 g/mol. The Labute approximate surface area is 165 Å². The van der Waals surface area contributed by atoms with Gasteiger partial charge < -0.3 is 19.7 Å². The fourth-order valence-corrected chi connectivity index (χ4v) is 3.49. The molecule has 0 radical (unpaired) electrons. The van der Waals surface area contributed by atoms with Crippen molar-refractivity contribution >= 4 is 17.6 Å². The van der Waals surface area contributed by atoms with Gasteiger partial charge in [0, 0.05) is 18.7 Å². The Kier molecular flexibility index (Phi) is 6.19. The minimum Gasteiger partial charge on any atom is -0.497 e. The number of rotatable bonds is 8. The molecule has 0 spiro atoms. The van der Waals surface area contributed by atoms with Crippen molar-refractivity contribution in [1.82, 2.24) is 4.90 Å². The van der Waals surface area contributed by atoms with Crippen molar-refractivity contribution in [2.45, 2.75) is 25.3 Å². The van der Waals surface area contributed by atoms with Crippen LogP contribution in [0.15, 0.2) is 54.6 Å². The third kappa shape index (κ3) is 4.11. The molecule has 1 fully saturated rings. The first-order chi connectivity index (χ1) is 13.6. The summed E-state index contributed by atoms with van der Waals surface area (Å²) in [6.07, 6.45) is 1.31. The van der Waals surface area contributed by atoms with Gasteiger partial charge in [-0.3, -0.25) is 4.79 Å². The number of esters is 1. The van der Waals surface area contributed by atoms with E-state index in [0.29, 0.717) is 13.0 Å². The molecule has 0 aliphatic carbocycles. The molecule has 0 saturated carbocycles. The van der Waals surface area contributed by atoms with Crippen molar-refractivity contribution < 1.29 is 19.1 Å². The Morgan fingerprint density at radius 3 is 2.43 bits per heavy atom. The number of nitrogens with zero attached hydrogens (tertiary/aromatic N) is 1. The Morgan fingerprint density at radius 1 is 1.14 bits per heavy atom. The molecule has 0 aromatic heterocycles. The van der Waals surface area contributed by atoms with Crippen molar-refractivity contribution in [3.63, 3.8) is 0 Å². The van der Waals surface area contributed by atoms with Gasteiger partial charge in [0.25, 0.3) is 0 Å². The topological polar surface area (TPSA) is 67.9 Å². The van der Waals surface area contributed by atoms with Crippen LogP contribution in [-0.4, -0.2) is 43.6 Å². The lowest BCUT2D eigenvalue weighted by atomic mass is 9.88. The summed E-state index contributed by atoms with van der Waals surface area (Å²) in [5.41, 5.74) is 0.291.